The lowest BCUT2D eigenvalue weighted by molar-refractivity contribution is 0.0942. The van der Waals surface area contributed by atoms with Gasteiger partial charge in [-0.15, -0.1) is 0 Å². The number of hydrogen-bond donors (Lipinski definition) is 2. The van der Waals surface area contributed by atoms with Crippen molar-refractivity contribution in [1.29, 1.82) is 0 Å². The van der Waals surface area contributed by atoms with Gasteiger partial charge in [-0.25, -0.2) is 8.42 Å². The zero-order valence-electron chi connectivity index (χ0n) is 18.9. The van der Waals surface area contributed by atoms with Crippen LogP contribution in [0.2, 0.25) is 0 Å². The van der Waals surface area contributed by atoms with Gasteiger partial charge in [-0.2, -0.15) is 0 Å². The number of carbonyl (C=O) groups is 1. The quantitative estimate of drug-likeness (QED) is 0.396. The van der Waals surface area contributed by atoms with Crippen molar-refractivity contribution in [1.82, 2.24) is 10.3 Å². The maximum Gasteiger partial charge on any atom is 0.262 e. The number of aryl methyl sites for hydroxylation is 2. The zero-order valence-corrected chi connectivity index (χ0v) is 19.7. The summed E-state index contributed by atoms with van der Waals surface area (Å²) >= 11 is 0. The molecule has 0 saturated carbocycles. The van der Waals surface area contributed by atoms with Gasteiger partial charge in [0.15, 0.2) is 0 Å². The molecular weight excluding hydrogens is 446 g/mol. The van der Waals surface area contributed by atoms with Crippen LogP contribution >= 0.6 is 0 Å². The molecule has 0 saturated heterocycles. The number of nitrogens with zero attached hydrogens (tertiary/aromatic N) is 1. The maximum atomic E-state index is 13.2. The summed E-state index contributed by atoms with van der Waals surface area (Å²) in [6, 6.07) is 26.4. The second kappa shape index (κ2) is 9.89. The van der Waals surface area contributed by atoms with Crippen LogP contribution in [0.4, 0.5) is 5.69 Å². The van der Waals surface area contributed by atoms with E-state index in [9.17, 15) is 13.2 Å². The fraction of sp³-hybridized carbons (Fsp3) is 0.111. The van der Waals surface area contributed by atoms with Gasteiger partial charge in [0.1, 0.15) is 0 Å². The summed E-state index contributed by atoms with van der Waals surface area (Å²) < 4.78 is 28.6. The zero-order chi connectivity index (χ0) is 24.1. The minimum Gasteiger partial charge on any atom is -0.340 e. The van der Waals surface area contributed by atoms with Gasteiger partial charge in [-0.05, 0) is 66.9 Å². The van der Waals surface area contributed by atoms with E-state index in [0.717, 1.165) is 11.1 Å². The summed E-state index contributed by atoms with van der Waals surface area (Å²) in [5, 5.41) is 3.03. The topological polar surface area (TPSA) is 88.2 Å². The van der Waals surface area contributed by atoms with Gasteiger partial charge in [0.25, 0.3) is 15.9 Å². The predicted octanol–water partition coefficient (Wildman–Crippen LogP) is 5.02. The average molecular weight is 472 g/mol. The smallest absolute Gasteiger partial charge is 0.262 e. The molecule has 1 heterocycles. The molecule has 0 aliphatic rings. The van der Waals surface area contributed by atoms with Crippen molar-refractivity contribution in [3.63, 3.8) is 0 Å². The van der Waals surface area contributed by atoms with Crippen molar-refractivity contribution < 1.29 is 13.2 Å². The lowest BCUT2D eigenvalue weighted by Crippen LogP contribution is -2.30. The Kier molecular flexibility index (Phi) is 6.75. The molecular formula is C27H25N3O3S. The van der Waals surface area contributed by atoms with Crippen molar-refractivity contribution in [2.75, 3.05) is 4.72 Å². The number of aromatic nitrogens is 1. The van der Waals surface area contributed by atoms with Crippen LogP contribution in [0.3, 0.4) is 0 Å². The summed E-state index contributed by atoms with van der Waals surface area (Å²) in [7, 11) is -3.81. The highest BCUT2D eigenvalue weighted by Gasteiger charge is 2.21. The van der Waals surface area contributed by atoms with Crippen LogP contribution in [0.25, 0.3) is 0 Å². The number of nitrogens with one attached hydrogen (secondary N) is 2. The van der Waals surface area contributed by atoms with Crippen LogP contribution in [0, 0.1) is 13.8 Å². The molecule has 1 atom stereocenters. The molecule has 0 spiro atoms. The Hall–Kier alpha value is -3.97. The van der Waals surface area contributed by atoms with E-state index in [0.29, 0.717) is 22.5 Å². The van der Waals surface area contributed by atoms with E-state index in [1.165, 1.54) is 6.07 Å². The molecule has 6 nitrogen and oxygen atoms in total. The van der Waals surface area contributed by atoms with Crippen LogP contribution in [-0.4, -0.2) is 19.3 Å². The number of anilines is 1. The molecule has 1 unspecified atom stereocenters. The Morgan fingerprint density at radius 3 is 2.35 bits per heavy atom. The Bertz CT molecular complexity index is 1370. The molecule has 0 radical (unpaired) electrons. The highest BCUT2D eigenvalue weighted by Crippen LogP contribution is 2.23. The number of sulfonamides is 1. The number of pyridine rings is 1. The van der Waals surface area contributed by atoms with Crippen molar-refractivity contribution in [3.8, 4) is 0 Å². The third kappa shape index (κ3) is 5.32. The molecule has 34 heavy (non-hydrogen) atoms. The average Bonchev–Trinajstić information content (AvgIpc) is 2.85. The molecule has 0 aliphatic carbocycles. The largest absolute Gasteiger partial charge is 0.340 e. The van der Waals surface area contributed by atoms with E-state index in [1.807, 2.05) is 61.5 Å². The fourth-order valence-corrected chi connectivity index (χ4v) is 5.05. The summed E-state index contributed by atoms with van der Waals surface area (Å²) in [5.74, 6) is -0.340. The van der Waals surface area contributed by atoms with Crippen molar-refractivity contribution in [2.24, 2.45) is 0 Å². The van der Waals surface area contributed by atoms with Gasteiger partial charge in [-0.3, -0.25) is 14.5 Å². The van der Waals surface area contributed by atoms with Crippen LogP contribution in [0.5, 0.6) is 0 Å². The van der Waals surface area contributed by atoms with E-state index in [-0.39, 0.29) is 10.8 Å². The van der Waals surface area contributed by atoms with Crippen LogP contribution in [0.15, 0.2) is 102 Å². The van der Waals surface area contributed by atoms with E-state index >= 15 is 0 Å². The Morgan fingerprint density at radius 2 is 1.62 bits per heavy atom. The third-order valence-corrected chi connectivity index (χ3v) is 6.93. The van der Waals surface area contributed by atoms with Crippen LogP contribution in [0.1, 0.15) is 38.8 Å². The molecule has 3 aromatic carbocycles. The highest BCUT2D eigenvalue weighted by atomic mass is 32.2. The van der Waals surface area contributed by atoms with Gasteiger partial charge in [0.2, 0.25) is 0 Å². The van der Waals surface area contributed by atoms with Crippen LogP contribution < -0.4 is 10.0 Å². The summed E-state index contributed by atoms with van der Waals surface area (Å²) in [5.41, 5.74) is 3.73. The highest BCUT2D eigenvalue weighted by molar-refractivity contribution is 7.92. The van der Waals surface area contributed by atoms with Gasteiger partial charge in [0.05, 0.1) is 16.6 Å². The number of amides is 1. The molecule has 0 fully saturated rings. The third-order valence-electron chi connectivity index (χ3n) is 5.40. The van der Waals surface area contributed by atoms with Crippen molar-refractivity contribution >= 4 is 21.6 Å². The molecule has 4 aromatic rings. The monoisotopic (exact) mass is 471 g/mol. The molecule has 7 heteroatoms. The Balaban J connectivity index is 1.59. The van der Waals surface area contributed by atoms with Gasteiger partial charge in [-0.1, -0.05) is 54.6 Å². The second-order valence-corrected chi connectivity index (χ2v) is 9.68. The summed E-state index contributed by atoms with van der Waals surface area (Å²) in [6.45, 7) is 3.59. The first-order valence-corrected chi connectivity index (χ1v) is 12.3. The van der Waals surface area contributed by atoms with Crippen LogP contribution in [-0.2, 0) is 10.0 Å². The molecule has 1 amide bonds. The standard InChI is InChI=1S/C27H25N3O3S/c1-19-14-15-20(2)25(17-19)34(32,33)30-23-12-8-11-22(18-23)27(31)29-26(21-9-4-3-5-10-21)24-13-6-7-16-28-24/h3-18,26,30H,1-2H3,(H,29,31). The Labute approximate surface area is 199 Å². The number of carbonyl (C=O) groups excluding carboxylic acids is 1. The SMILES string of the molecule is Cc1ccc(C)c(S(=O)(=O)Nc2cccc(C(=O)NC(c3ccccc3)c3ccccn3)c2)c1. The van der Waals surface area contributed by atoms with E-state index in [4.69, 9.17) is 0 Å². The molecule has 1 aromatic heterocycles. The predicted molar refractivity (Wildman–Crippen MR) is 133 cm³/mol. The first kappa shape index (κ1) is 23.2. The number of rotatable bonds is 7. The first-order valence-electron chi connectivity index (χ1n) is 10.8. The molecule has 0 aliphatic heterocycles. The van der Waals surface area contributed by atoms with E-state index < -0.39 is 16.1 Å². The maximum absolute atomic E-state index is 13.2. The minimum atomic E-state index is -3.81. The lowest BCUT2D eigenvalue weighted by Gasteiger charge is -2.19. The number of hydrogen-bond acceptors (Lipinski definition) is 4. The molecule has 2 N–H and O–H groups in total. The number of benzene rings is 3. The molecule has 4 rings (SSSR count). The van der Waals surface area contributed by atoms with Gasteiger partial charge < -0.3 is 5.32 Å². The molecule has 0 bridgehead atoms. The van der Waals surface area contributed by atoms with Gasteiger partial charge >= 0.3 is 0 Å². The van der Waals surface area contributed by atoms with E-state index in [1.54, 1.807) is 43.5 Å². The lowest BCUT2D eigenvalue weighted by atomic mass is 10.0. The first-order chi connectivity index (χ1) is 16.3. The second-order valence-electron chi connectivity index (χ2n) is 8.03. The van der Waals surface area contributed by atoms with Crippen molar-refractivity contribution in [3.05, 3.63) is 125 Å². The molecule has 172 valence electrons. The van der Waals surface area contributed by atoms with Gasteiger partial charge in [0, 0.05) is 17.4 Å². The normalized spacial score (nSPS) is 12.1. The Morgan fingerprint density at radius 1 is 0.853 bits per heavy atom. The fourth-order valence-electron chi connectivity index (χ4n) is 3.67. The van der Waals surface area contributed by atoms with Crippen molar-refractivity contribution in [2.45, 2.75) is 24.8 Å². The summed E-state index contributed by atoms with van der Waals surface area (Å²) in [6.07, 6.45) is 1.68. The minimum absolute atomic E-state index is 0.210. The summed E-state index contributed by atoms with van der Waals surface area (Å²) in [4.78, 5) is 17.8. The van der Waals surface area contributed by atoms with E-state index in [2.05, 4.69) is 15.0 Å².